The summed E-state index contributed by atoms with van der Waals surface area (Å²) in [4.78, 5) is 28.1. The molecule has 7 heteroatoms. The predicted octanol–water partition coefficient (Wildman–Crippen LogP) is 4.69. The highest BCUT2D eigenvalue weighted by atomic mass is 16.5. The van der Waals surface area contributed by atoms with Crippen molar-refractivity contribution >= 4 is 16.9 Å². The van der Waals surface area contributed by atoms with Gasteiger partial charge in [0, 0.05) is 30.0 Å². The lowest BCUT2D eigenvalue weighted by molar-refractivity contribution is -0.142. The lowest BCUT2D eigenvalue weighted by Crippen LogP contribution is -2.55. The Hall–Kier alpha value is -3.32. The van der Waals surface area contributed by atoms with Crippen LogP contribution < -0.4 is 15.1 Å². The third-order valence-electron chi connectivity index (χ3n) is 8.29. The first-order valence-electron chi connectivity index (χ1n) is 13.1. The molecule has 2 heterocycles. The summed E-state index contributed by atoms with van der Waals surface area (Å²) in [6.07, 6.45) is 4.50. The van der Waals surface area contributed by atoms with Crippen LogP contribution in [0.3, 0.4) is 0 Å². The van der Waals surface area contributed by atoms with E-state index in [9.17, 15) is 14.7 Å². The van der Waals surface area contributed by atoms with Crippen molar-refractivity contribution in [2.24, 2.45) is 5.92 Å². The number of methoxy groups -OCH3 is 1. The monoisotopic (exact) mass is 505 g/mol. The minimum Gasteiger partial charge on any atom is -0.497 e. The molecule has 2 aliphatic rings. The molecule has 37 heavy (non-hydrogen) atoms. The summed E-state index contributed by atoms with van der Waals surface area (Å²) in [6, 6.07) is 11.4. The zero-order chi connectivity index (χ0) is 26.2. The molecule has 2 atom stereocenters. The number of aliphatic hydroxyl groups is 1. The molecule has 7 nitrogen and oxygen atoms in total. The third-order valence-corrected chi connectivity index (χ3v) is 8.29. The fraction of sp³-hybridized carbons (Fsp3) is 0.467. The van der Waals surface area contributed by atoms with E-state index in [2.05, 4.69) is 0 Å². The number of benzene rings is 2. The van der Waals surface area contributed by atoms with Crippen molar-refractivity contribution in [3.63, 3.8) is 0 Å². The van der Waals surface area contributed by atoms with Crippen molar-refractivity contribution in [3.05, 3.63) is 69.1 Å². The second-order valence-corrected chi connectivity index (χ2v) is 10.5. The molecule has 3 aromatic rings. The van der Waals surface area contributed by atoms with Gasteiger partial charge in [-0.2, -0.15) is 0 Å². The van der Waals surface area contributed by atoms with Gasteiger partial charge in [0.1, 0.15) is 23.7 Å². The Bertz CT molecular complexity index is 1380. The molecule has 1 N–H and O–H groups in total. The number of nitrogens with zero attached hydrogens (tertiary/aromatic N) is 1. The van der Waals surface area contributed by atoms with Crippen molar-refractivity contribution in [1.82, 2.24) is 4.90 Å². The maximum absolute atomic E-state index is 13.2. The maximum Gasteiger partial charge on any atom is 0.340 e. The van der Waals surface area contributed by atoms with E-state index in [0.29, 0.717) is 43.0 Å². The van der Waals surface area contributed by atoms with Crippen molar-refractivity contribution < 1.29 is 23.8 Å². The van der Waals surface area contributed by atoms with Gasteiger partial charge in [0.25, 0.3) is 0 Å². The van der Waals surface area contributed by atoms with Gasteiger partial charge in [0.2, 0.25) is 5.91 Å². The first-order chi connectivity index (χ1) is 17.8. The first kappa shape index (κ1) is 25.3. The molecule has 0 unspecified atom stereocenters. The highest BCUT2D eigenvalue weighted by Gasteiger charge is 2.43. The minimum atomic E-state index is -0.642. The number of likely N-dealkylation sites (tertiary alicyclic amines) is 1. The van der Waals surface area contributed by atoms with Gasteiger partial charge in [-0.15, -0.1) is 0 Å². The van der Waals surface area contributed by atoms with Gasteiger partial charge in [-0.05, 0) is 68.5 Å². The van der Waals surface area contributed by atoms with E-state index in [1.54, 1.807) is 7.11 Å². The molecule has 5 rings (SSSR count). The number of piperidine rings is 1. The Morgan fingerprint density at radius 1 is 1.16 bits per heavy atom. The summed E-state index contributed by atoms with van der Waals surface area (Å²) in [7, 11) is 1.63. The standard InChI is InChI=1S/C30H35NO6/c1-19-24-10-11-26(36-18-21-7-6-9-23(15-21)35-3)20(2)28(24)37-29(33)25(19)16-27(32)31-14-13-30(34)12-5-4-8-22(30)17-31/h6-7,9-11,15,22,34H,4-5,8,12-14,16-18H2,1-3H3/t22-,30-/m1/s1. The molecule has 0 bridgehead atoms. The quantitative estimate of drug-likeness (QED) is 0.489. The molecule has 1 aromatic heterocycles. The van der Waals surface area contributed by atoms with E-state index in [-0.39, 0.29) is 18.2 Å². The van der Waals surface area contributed by atoms with Gasteiger partial charge in [0.05, 0.1) is 24.7 Å². The number of hydrogen-bond acceptors (Lipinski definition) is 6. The Kier molecular flexibility index (Phi) is 6.99. The van der Waals surface area contributed by atoms with Crippen LogP contribution >= 0.6 is 0 Å². The van der Waals surface area contributed by atoms with Crippen LogP contribution in [0.25, 0.3) is 11.0 Å². The molecular weight excluding hydrogens is 470 g/mol. The molecule has 196 valence electrons. The smallest absolute Gasteiger partial charge is 0.340 e. The zero-order valence-corrected chi connectivity index (χ0v) is 21.8. The molecule has 1 aliphatic carbocycles. The molecule has 2 aromatic carbocycles. The van der Waals surface area contributed by atoms with Gasteiger partial charge >= 0.3 is 5.63 Å². The van der Waals surface area contributed by atoms with E-state index in [1.165, 1.54) is 0 Å². The van der Waals surface area contributed by atoms with Crippen LogP contribution in [-0.4, -0.2) is 41.7 Å². The van der Waals surface area contributed by atoms with Crippen molar-refractivity contribution in [1.29, 1.82) is 0 Å². The van der Waals surface area contributed by atoms with E-state index in [0.717, 1.165) is 53.5 Å². The summed E-state index contributed by atoms with van der Waals surface area (Å²) < 4.78 is 17.1. The van der Waals surface area contributed by atoms with E-state index < -0.39 is 11.2 Å². The fourth-order valence-electron chi connectivity index (χ4n) is 5.92. The van der Waals surface area contributed by atoms with Gasteiger partial charge < -0.3 is 23.9 Å². The third kappa shape index (κ3) is 4.97. The number of ether oxygens (including phenoxy) is 2. The van der Waals surface area contributed by atoms with Crippen LogP contribution in [0, 0.1) is 19.8 Å². The van der Waals surface area contributed by atoms with Crippen molar-refractivity contribution in [2.45, 2.75) is 64.6 Å². The number of carbonyl (C=O) groups excluding carboxylic acids is 1. The second-order valence-electron chi connectivity index (χ2n) is 10.5. The van der Waals surface area contributed by atoms with Crippen molar-refractivity contribution in [2.75, 3.05) is 20.2 Å². The predicted molar refractivity (Wildman–Crippen MR) is 141 cm³/mol. The lowest BCUT2D eigenvalue weighted by atomic mass is 9.71. The average Bonchev–Trinajstić information content (AvgIpc) is 2.90. The first-order valence-corrected chi connectivity index (χ1v) is 13.1. The Balaban J connectivity index is 1.34. The Morgan fingerprint density at radius 2 is 2.00 bits per heavy atom. The summed E-state index contributed by atoms with van der Waals surface area (Å²) in [5, 5.41) is 11.7. The van der Waals surface area contributed by atoms with Gasteiger partial charge in [0.15, 0.2) is 0 Å². The largest absolute Gasteiger partial charge is 0.497 e. The molecule has 1 amide bonds. The normalized spacial score (nSPS) is 21.5. The molecule has 2 fully saturated rings. The number of rotatable bonds is 6. The summed E-state index contributed by atoms with van der Waals surface area (Å²) in [5.41, 5.74) is 2.21. The number of amides is 1. The lowest BCUT2D eigenvalue weighted by Gasteiger charge is -2.47. The second kappa shape index (κ2) is 10.2. The number of fused-ring (bicyclic) bond motifs is 2. The Morgan fingerprint density at radius 3 is 2.81 bits per heavy atom. The maximum atomic E-state index is 13.2. The van der Waals surface area contributed by atoms with Crippen LogP contribution in [0.4, 0.5) is 0 Å². The highest BCUT2D eigenvalue weighted by molar-refractivity contribution is 5.87. The van der Waals surface area contributed by atoms with Crippen LogP contribution in [0.2, 0.25) is 0 Å². The number of carbonyl (C=O) groups is 1. The topological polar surface area (TPSA) is 89.2 Å². The zero-order valence-electron chi connectivity index (χ0n) is 21.8. The van der Waals surface area contributed by atoms with Crippen LogP contribution in [0.1, 0.15) is 54.4 Å². The van der Waals surface area contributed by atoms with Crippen LogP contribution in [-0.2, 0) is 17.8 Å². The SMILES string of the molecule is COc1cccc(COc2ccc3c(C)c(CC(=O)N4CC[C@]5(O)CCCC[C@@H]5C4)c(=O)oc3c2C)c1. The van der Waals surface area contributed by atoms with Crippen molar-refractivity contribution in [3.8, 4) is 11.5 Å². The summed E-state index contributed by atoms with van der Waals surface area (Å²) in [5.74, 6) is 1.43. The Labute approximate surface area is 217 Å². The van der Waals surface area contributed by atoms with Crippen LogP contribution in [0.15, 0.2) is 45.6 Å². The average molecular weight is 506 g/mol. The molecule has 1 aliphatic heterocycles. The number of aryl methyl sites for hydroxylation is 2. The molecular formula is C30H35NO6. The molecule has 0 radical (unpaired) electrons. The fourth-order valence-corrected chi connectivity index (χ4v) is 5.92. The molecule has 1 saturated carbocycles. The van der Waals surface area contributed by atoms with Gasteiger partial charge in [-0.25, -0.2) is 4.79 Å². The molecule has 0 spiro atoms. The van der Waals surface area contributed by atoms with E-state index in [1.807, 2.05) is 55.1 Å². The van der Waals surface area contributed by atoms with Crippen LogP contribution in [0.5, 0.6) is 11.5 Å². The minimum absolute atomic E-state index is 0.00238. The molecule has 1 saturated heterocycles. The van der Waals surface area contributed by atoms with E-state index in [4.69, 9.17) is 13.9 Å². The number of hydrogen-bond donors (Lipinski definition) is 1. The van der Waals surface area contributed by atoms with E-state index >= 15 is 0 Å². The summed E-state index contributed by atoms with van der Waals surface area (Å²) in [6.45, 7) is 5.17. The van der Waals surface area contributed by atoms with Gasteiger partial charge in [-0.1, -0.05) is 25.0 Å². The summed E-state index contributed by atoms with van der Waals surface area (Å²) >= 11 is 0. The highest BCUT2D eigenvalue weighted by Crippen LogP contribution is 2.40. The van der Waals surface area contributed by atoms with Gasteiger partial charge in [-0.3, -0.25) is 4.79 Å².